The number of aliphatic hydroxyl groups excluding tert-OH is 1. The highest BCUT2D eigenvalue weighted by molar-refractivity contribution is 7.80. The second-order valence-electron chi connectivity index (χ2n) is 7.49. The first kappa shape index (κ1) is 19.6. The number of hydrogen-bond donors (Lipinski definition) is 2. The zero-order valence-electron chi connectivity index (χ0n) is 17.0. The van der Waals surface area contributed by atoms with Crippen LogP contribution < -0.4 is 5.32 Å². The number of nitrogens with one attached hydrogen (secondary N) is 1. The van der Waals surface area contributed by atoms with Gasteiger partial charge in [-0.2, -0.15) is 0 Å². The first-order valence-corrected chi connectivity index (χ1v) is 10.3. The number of pyridine rings is 1. The average molecular weight is 407 g/mol. The summed E-state index contributed by atoms with van der Waals surface area (Å²) in [6.45, 7) is 6.95. The summed E-state index contributed by atoms with van der Waals surface area (Å²) in [5.74, 6) is 0. The first-order valence-electron chi connectivity index (χ1n) is 9.86. The van der Waals surface area contributed by atoms with Gasteiger partial charge in [0.2, 0.25) is 0 Å². The Balaban J connectivity index is 1.85. The fourth-order valence-electron chi connectivity index (χ4n) is 4.36. The number of thiocarbonyl (C=S) groups is 1. The summed E-state index contributed by atoms with van der Waals surface area (Å²) in [5, 5.41) is 13.7. The van der Waals surface area contributed by atoms with E-state index >= 15 is 0 Å². The Morgan fingerprint density at radius 1 is 1.10 bits per heavy atom. The van der Waals surface area contributed by atoms with Crippen LogP contribution in [0.15, 0.2) is 54.7 Å². The molecule has 2 N–H and O–H groups in total. The Morgan fingerprint density at radius 3 is 2.55 bits per heavy atom. The Bertz CT molecular complexity index is 1030. The van der Waals surface area contributed by atoms with Crippen molar-refractivity contribution in [1.82, 2.24) is 19.8 Å². The van der Waals surface area contributed by atoms with Crippen molar-refractivity contribution in [2.45, 2.75) is 32.9 Å². The zero-order chi connectivity index (χ0) is 20.5. The van der Waals surface area contributed by atoms with E-state index in [1.54, 1.807) is 0 Å². The molecule has 2 atom stereocenters. The molecule has 1 aliphatic heterocycles. The lowest BCUT2D eigenvalue weighted by Gasteiger charge is -2.27. The van der Waals surface area contributed by atoms with E-state index in [0.717, 1.165) is 5.69 Å². The minimum Gasteiger partial charge on any atom is -0.395 e. The van der Waals surface area contributed by atoms with Gasteiger partial charge in [-0.3, -0.25) is 4.98 Å². The van der Waals surface area contributed by atoms with Crippen molar-refractivity contribution in [3.8, 4) is 5.69 Å². The molecule has 0 spiro atoms. The van der Waals surface area contributed by atoms with E-state index in [1.807, 2.05) is 24.4 Å². The summed E-state index contributed by atoms with van der Waals surface area (Å²) in [6.07, 6.45) is 1.81. The smallest absolute Gasteiger partial charge is 0.170 e. The zero-order valence-corrected chi connectivity index (χ0v) is 17.8. The van der Waals surface area contributed by atoms with Crippen molar-refractivity contribution in [3.63, 3.8) is 0 Å². The van der Waals surface area contributed by atoms with E-state index in [-0.39, 0.29) is 18.7 Å². The molecule has 0 aliphatic carbocycles. The number of β-amino-alcohol motifs (C(OH)–C–C–N with tert-alkyl or cyclic N) is 1. The predicted octanol–water partition coefficient (Wildman–Crippen LogP) is 3.76. The van der Waals surface area contributed by atoms with Crippen LogP contribution in [0, 0.1) is 20.8 Å². The molecule has 0 saturated carbocycles. The highest BCUT2D eigenvalue weighted by atomic mass is 32.1. The summed E-state index contributed by atoms with van der Waals surface area (Å²) >= 11 is 5.63. The van der Waals surface area contributed by atoms with Gasteiger partial charge in [0.25, 0.3) is 0 Å². The van der Waals surface area contributed by atoms with E-state index in [0.29, 0.717) is 11.7 Å². The third kappa shape index (κ3) is 3.43. The van der Waals surface area contributed by atoms with Crippen LogP contribution in [0.3, 0.4) is 0 Å². The lowest BCUT2D eigenvalue weighted by Crippen LogP contribution is -2.32. The molecule has 6 heteroatoms. The molecular weight excluding hydrogens is 380 g/mol. The van der Waals surface area contributed by atoms with Gasteiger partial charge in [0.05, 0.1) is 24.4 Å². The molecule has 150 valence electrons. The summed E-state index contributed by atoms with van der Waals surface area (Å²) < 4.78 is 2.30. The first-order chi connectivity index (χ1) is 14.0. The summed E-state index contributed by atoms with van der Waals surface area (Å²) in [7, 11) is 0. The molecule has 3 heterocycles. The number of aliphatic hydroxyl groups is 1. The number of aryl methyl sites for hydroxylation is 2. The fourth-order valence-corrected chi connectivity index (χ4v) is 4.70. The molecule has 4 rings (SSSR count). The number of para-hydroxylation sites is 1. The topological polar surface area (TPSA) is 53.3 Å². The molecular formula is C23H26N4OS. The fraction of sp³-hybridized carbons (Fsp3) is 0.304. The molecule has 29 heavy (non-hydrogen) atoms. The highest BCUT2D eigenvalue weighted by Crippen LogP contribution is 2.41. The number of benzene rings is 1. The Hall–Kier alpha value is -2.70. The van der Waals surface area contributed by atoms with Crippen molar-refractivity contribution < 1.29 is 5.11 Å². The van der Waals surface area contributed by atoms with Crippen LogP contribution in [-0.4, -0.2) is 37.8 Å². The third-order valence-electron chi connectivity index (χ3n) is 5.68. The minimum absolute atomic E-state index is 0.0338. The van der Waals surface area contributed by atoms with Gasteiger partial charge in [-0.25, -0.2) is 0 Å². The molecule has 0 amide bonds. The maximum atomic E-state index is 9.66. The van der Waals surface area contributed by atoms with Gasteiger partial charge >= 0.3 is 0 Å². The standard InChI is InChI=1S/C23H26N4OS/c1-15-8-4-5-10-20(15)27-16(2)14-18(17(27)3)22-21(19-9-6-7-11-24-19)25-23(29)26(22)12-13-28/h4-11,14,21-22,28H,12-13H2,1-3H3,(H,25,29)/t21-,22+/m1/s1. The van der Waals surface area contributed by atoms with Crippen LogP contribution in [0.4, 0.5) is 0 Å². The van der Waals surface area contributed by atoms with E-state index in [4.69, 9.17) is 12.2 Å². The molecule has 2 aromatic heterocycles. The SMILES string of the molecule is Cc1ccccc1-n1c(C)cc([C@H]2[C@@H](c3ccccn3)NC(=S)N2CCO)c1C. The number of hydrogen-bond acceptors (Lipinski definition) is 3. The van der Waals surface area contributed by atoms with Crippen molar-refractivity contribution in [2.24, 2.45) is 0 Å². The summed E-state index contributed by atoms with van der Waals surface area (Å²) in [6, 6.07) is 16.5. The molecule has 1 saturated heterocycles. The molecule has 1 aromatic carbocycles. The monoisotopic (exact) mass is 406 g/mol. The van der Waals surface area contributed by atoms with Gasteiger partial charge in [-0.1, -0.05) is 24.3 Å². The van der Waals surface area contributed by atoms with Gasteiger partial charge < -0.3 is 19.9 Å². The highest BCUT2D eigenvalue weighted by Gasteiger charge is 2.41. The second kappa shape index (κ2) is 7.97. The van der Waals surface area contributed by atoms with Crippen LogP contribution in [0.5, 0.6) is 0 Å². The van der Waals surface area contributed by atoms with Gasteiger partial charge in [0.1, 0.15) is 0 Å². The number of nitrogens with zero attached hydrogens (tertiary/aromatic N) is 3. The molecule has 0 unspecified atom stereocenters. The van der Waals surface area contributed by atoms with Gasteiger partial charge in [0, 0.05) is 29.8 Å². The van der Waals surface area contributed by atoms with Crippen LogP contribution in [0.2, 0.25) is 0 Å². The van der Waals surface area contributed by atoms with E-state index in [1.165, 1.54) is 28.2 Å². The van der Waals surface area contributed by atoms with Crippen molar-refractivity contribution in [1.29, 1.82) is 0 Å². The maximum absolute atomic E-state index is 9.66. The summed E-state index contributed by atoms with van der Waals surface area (Å²) in [5.41, 5.74) is 6.91. The Kier molecular flexibility index (Phi) is 5.39. The maximum Gasteiger partial charge on any atom is 0.170 e. The molecule has 0 radical (unpaired) electrons. The second-order valence-corrected chi connectivity index (χ2v) is 7.88. The quantitative estimate of drug-likeness (QED) is 0.632. The average Bonchev–Trinajstić information content (AvgIpc) is 3.19. The number of rotatable bonds is 5. The largest absolute Gasteiger partial charge is 0.395 e. The molecule has 5 nitrogen and oxygen atoms in total. The van der Waals surface area contributed by atoms with Crippen molar-refractivity contribution in [3.05, 3.63) is 82.9 Å². The number of aromatic nitrogens is 2. The van der Waals surface area contributed by atoms with Gasteiger partial charge in [-0.05, 0) is 68.4 Å². The molecule has 1 fully saturated rings. The predicted molar refractivity (Wildman–Crippen MR) is 119 cm³/mol. The normalized spacial score (nSPS) is 18.9. The van der Waals surface area contributed by atoms with E-state index in [9.17, 15) is 5.11 Å². The van der Waals surface area contributed by atoms with E-state index in [2.05, 4.69) is 70.9 Å². The lowest BCUT2D eigenvalue weighted by molar-refractivity contribution is 0.223. The van der Waals surface area contributed by atoms with Crippen LogP contribution in [0.1, 0.15) is 40.3 Å². The van der Waals surface area contributed by atoms with Gasteiger partial charge in [-0.15, -0.1) is 0 Å². The molecule has 0 bridgehead atoms. The lowest BCUT2D eigenvalue weighted by atomic mass is 9.97. The Labute approximate surface area is 177 Å². The molecule has 1 aliphatic rings. The third-order valence-corrected chi connectivity index (χ3v) is 6.04. The van der Waals surface area contributed by atoms with Crippen molar-refractivity contribution in [2.75, 3.05) is 13.2 Å². The molecule has 3 aromatic rings. The minimum atomic E-state index is -0.0685. The Morgan fingerprint density at radius 2 is 1.86 bits per heavy atom. The van der Waals surface area contributed by atoms with E-state index < -0.39 is 0 Å². The van der Waals surface area contributed by atoms with Crippen molar-refractivity contribution >= 4 is 17.3 Å². The van der Waals surface area contributed by atoms with Crippen LogP contribution in [-0.2, 0) is 0 Å². The van der Waals surface area contributed by atoms with Gasteiger partial charge in [0.15, 0.2) is 5.11 Å². The van der Waals surface area contributed by atoms with Crippen LogP contribution >= 0.6 is 12.2 Å². The van der Waals surface area contributed by atoms with Crippen LogP contribution in [0.25, 0.3) is 5.69 Å². The summed E-state index contributed by atoms with van der Waals surface area (Å²) in [4.78, 5) is 6.66.